The van der Waals surface area contributed by atoms with E-state index in [4.69, 9.17) is 23.7 Å². The number of aliphatic hydroxyl groups is 1. The highest BCUT2D eigenvalue weighted by Gasteiger charge is 2.80. The Bertz CT molecular complexity index is 1770. The van der Waals surface area contributed by atoms with Gasteiger partial charge in [0.15, 0.2) is 47.6 Å². The number of carbonyl (C=O) groups excluding carboxylic acids is 4. The number of nitrogens with zero attached hydrogens (tertiary/aromatic N) is 1. The van der Waals surface area contributed by atoms with Crippen LogP contribution in [0, 0.1) is 32.8 Å². The summed E-state index contributed by atoms with van der Waals surface area (Å²) >= 11 is 0. The molecule has 51 heavy (non-hydrogen) atoms. The van der Waals surface area contributed by atoms with Gasteiger partial charge in [-0.2, -0.15) is 0 Å². The molecule has 1 saturated heterocycles. The second-order valence-electron chi connectivity index (χ2n) is 14.6. The van der Waals surface area contributed by atoms with Crippen molar-refractivity contribution in [3.8, 4) is 11.5 Å². The van der Waals surface area contributed by atoms with Crippen LogP contribution in [0.5, 0.6) is 11.5 Å². The first-order chi connectivity index (χ1) is 23.9. The van der Waals surface area contributed by atoms with Crippen LogP contribution in [0.15, 0.2) is 48.1 Å². The number of hydrogen-bond donors (Lipinski definition) is 1. The van der Waals surface area contributed by atoms with Crippen molar-refractivity contribution in [2.45, 2.75) is 82.6 Å². The minimum absolute atomic E-state index is 0.0407. The highest BCUT2D eigenvalue weighted by Crippen LogP contribution is 2.72. The predicted octanol–water partition coefficient (Wildman–Crippen LogP) is 3.81. The molecule has 0 bridgehead atoms. The highest BCUT2D eigenvalue weighted by molar-refractivity contribution is 6.01. The number of allylic oxidation sites excluding steroid dienone is 4. The maximum Gasteiger partial charge on any atom is 0.337 e. The van der Waals surface area contributed by atoms with Crippen molar-refractivity contribution in [2.75, 3.05) is 20.3 Å². The molecule has 0 radical (unpaired) electrons. The van der Waals surface area contributed by atoms with Gasteiger partial charge < -0.3 is 33.6 Å². The number of Topliss-reactive ketones (excluding diaryl/α,β-unsaturated/α-hetero) is 1. The summed E-state index contributed by atoms with van der Waals surface area (Å²) in [4.78, 5) is 65.4. The van der Waals surface area contributed by atoms with E-state index in [0.29, 0.717) is 24.0 Å². The van der Waals surface area contributed by atoms with E-state index in [-0.39, 0.29) is 30.1 Å². The number of alkyl halides is 1. The number of rotatable bonds is 10. The molecule has 0 amide bonds. The van der Waals surface area contributed by atoms with Gasteiger partial charge >= 0.3 is 11.9 Å². The van der Waals surface area contributed by atoms with Crippen LogP contribution in [-0.4, -0.2) is 83.3 Å². The molecule has 1 heterocycles. The number of ether oxygens (including phenoxy) is 5. The standard InChI is InChI=1S/C36H40FNO13/c1-32(2)50-29-16-24-23-9-8-21-15-22(39)12-13-33(21,3)35(23,37)27(40)17-34(24,4)36(29,51-32)28(41)18-47-30(42)11-7-20-6-10-25(26(14-20)46-5)49-31(43)19-48-38(44)45/h6-7,10-15,23-24,27,29,40H,8-9,16-19H2,1-5H3/b11-7+/t23?,24?,27-,29+,33-,34-,35-,36+/m0/s1. The molecule has 4 aliphatic carbocycles. The Labute approximate surface area is 292 Å². The van der Waals surface area contributed by atoms with Gasteiger partial charge in [-0.25, -0.2) is 14.0 Å². The van der Waals surface area contributed by atoms with Crippen molar-refractivity contribution in [1.29, 1.82) is 0 Å². The molecule has 2 unspecified atom stereocenters. The second kappa shape index (κ2) is 12.6. The molecule has 6 rings (SSSR count). The van der Waals surface area contributed by atoms with Crippen molar-refractivity contribution in [3.05, 3.63) is 63.8 Å². The smallest absolute Gasteiger partial charge is 0.337 e. The van der Waals surface area contributed by atoms with E-state index in [9.17, 15) is 34.4 Å². The van der Waals surface area contributed by atoms with Crippen LogP contribution in [-0.2, 0) is 38.2 Å². The molecule has 274 valence electrons. The maximum atomic E-state index is 17.6. The Balaban J connectivity index is 1.19. The largest absolute Gasteiger partial charge is 0.493 e. The molecule has 1 aliphatic heterocycles. The number of aliphatic hydroxyl groups excluding tert-OH is 1. The number of carbonyl (C=O) groups is 4. The van der Waals surface area contributed by atoms with Crippen molar-refractivity contribution < 1.29 is 62.3 Å². The Morgan fingerprint density at radius 1 is 1.14 bits per heavy atom. The third-order valence-electron chi connectivity index (χ3n) is 11.5. The normalized spacial score (nSPS) is 35.9. The predicted molar refractivity (Wildman–Crippen MR) is 173 cm³/mol. The first-order valence-corrected chi connectivity index (χ1v) is 16.6. The Morgan fingerprint density at radius 3 is 2.59 bits per heavy atom. The summed E-state index contributed by atoms with van der Waals surface area (Å²) in [6.07, 6.45) is 5.54. The third kappa shape index (κ3) is 5.75. The van der Waals surface area contributed by atoms with Gasteiger partial charge in [-0.15, -0.1) is 10.1 Å². The summed E-state index contributed by atoms with van der Waals surface area (Å²) < 4.78 is 46.0. The van der Waals surface area contributed by atoms with Crippen LogP contribution in [0.4, 0.5) is 4.39 Å². The molecule has 0 spiro atoms. The van der Waals surface area contributed by atoms with Gasteiger partial charge in [0, 0.05) is 22.8 Å². The fraction of sp³-hybridized carbons (Fsp3) is 0.556. The number of halogens is 1. The Kier molecular flexibility index (Phi) is 9.00. The topological polar surface area (TPSA) is 187 Å². The van der Waals surface area contributed by atoms with Gasteiger partial charge in [-0.3, -0.25) is 9.59 Å². The van der Waals surface area contributed by atoms with E-state index >= 15 is 4.39 Å². The molecule has 4 fully saturated rings. The summed E-state index contributed by atoms with van der Waals surface area (Å²) in [5, 5.41) is 20.9. The third-order valence-corrected chi connectivity index (χ3v) is 11.5. The Hall–Kier alpha value is -4.47. The van der Waals surface area contributed by atoms with E-state index < -0.39 is 88.0 Å². The highest BCUT2D eigenvalue weighted by atomic mass is 19.1. The number of fused-ring (bicyclic) bond motifs is 7. The molecular formula is C36H40FNO13. The minimum atomic E-state index is -2.11. The summed E-state index contributed by atoms with van der Waals surface area (Å²) in [7, 11) is 1.31. The van der Waals surface area contributed by atoms with Crippen LogP contribution in [0.3, 0.4) is 0 Å². The van der Waals surface area contributed by atoms with Crippen LogP contribution >= 0.6 is 0 Å². The lowest BCUT2D eigenvalue weighted by molar-refractivity contribution is -0.754. The minimum Gasteiger partial charge on any atom is -0.493 e. The van der Waals surface area contributed by atoms with Gasteiger partial charge in [0.05, 0.1) is 19.3 Å². The fourth-order valence-electron chi connectivity index (χ4n) is 9.39. The molecule has 14 nitrogen and oxygen atoms in total. The van der Waals surface area contributed by atoms with E-state index in [1.165, 1.54) is 43.5 Å². The zero-order chi connectivity index (χ0) is 37.1. The Morgan fingerprint density at radius 2 is 1.88 bits per heavy atom. The zero-order valence-electron chi connectivity index (χ0n) is 28.8. The zero-order valence-corrected chi connectivity index (χ0v) is 28.8. The van der Waals surface area contributed by atoms with Crippen molar-refractivity contribution >= 4 is 29.6 Å². The average molecular weight is 714 g/mol. The van der Waals surface area contributed by atoms with Gasteiger partial charge in [0.1, 0.15) is 0 Å². The summed E-state index contributed by atoms with van der Waals surface area (Å²) in [5.41, 5.74) is -4.97. The summed E-state index contributed by atoms with van der Waals surface area (Å²) in [6.45, 7) is 5.29. The lowest BCUT2D eigenvalue weighted by atomic mass is 9.44. The van der Waals surface area contributed by atoms with E-state index in [1.807, 2.05) is 6.92 Å². The quantitative estimate of drug-likeness (QED) is 0.121. The monoisotopic (exact) mass is 713 g/mol. The van der Waals surface area contributed by atoms with E-state index in [0.717, 1.165) is 6.08 Å². The van der Waals surface area contributed by atoms with Gasteiger partial charge in [0.25, 0.3) is 5.09 Å². The van der Waals surface area contributed by atoms with Gasteiger partial charge in [-0.1, -0.05) is 24.6 Å². The SMILES string of the molecule is COc1cc(/C=C/C(=O)OCC(=O)[C@@]23OC(C)(C)O[C@@H]2CC2C4CCC5=CC(=O)C=C[C@]5(C)[C@@]4(F)[C@@H](O)C[C@@]23C)ccc1OC(=O)CO[N+](=O)[O-]. The average Bonchev–Trinajstić information content (AvgIpc) is 3.48. The number of ketones is 2. The molecule has 5 aliphatic rings. The lowest BCUT2D eigenvalue weighted by Gasteiger charge is -2.62. The first-order valence-electron chi connectivity index (χ1n) is 16.6. The van der Waals surface area contributed by atoms with Crippen molar-refractivity contribution in [1.82, 2.24) is 0 Å². The number of esters is 2. The van der Waals surface area contributed by atoms with Crippen LogP contribution in [0.2, 0.25) is 0 Å². The molecule has 1 aromatic rings. The summed E-state index contributed by atoms with van der Waals surface area (Å²) in [6, 6.07) is 4.27. The molecule has 15 heteroatoms. The van der Waals surface area contributed by atoms with E-state index in [1.54, 1.807) is 26.8 Å². The molecule has 1 N–H and O–H groups in total. The number of hydrogen-bond acceptors (Lipinski definition) is 13. The number of methoxy groups -OCH3 is 1. The molecular weight excluding hydrogens is 673 g/mol. The van der Waals surface area contributed by atoms with E-state index in [2.05, 4.69) is 4.84 Å². The maximum absolute atomic E-state index is 17.6. The van der Waals surface area contributed by atoms with Gasteiger partial charge in [-0.05, 0) is 88.3 Å². The van der Waals surface area contributed by atoms with Crippen LogP contribution < -0.4 is 9.47 Å². The van der Waals surface area contributed by atoms with Crippen LogP contribution in [0.1, 0.15) is 58.9 Å². The fourth-order valence-corrected chi connectivity index (χ4v) is 9.39. The second-order valence-corrected chi connectivity index (χ2v) is 14.6. The molecule has 3 saturated carbocycles. The lowest BCUT2D eigenvalue weighted by Crippen LogP contribution is -2.70. The molecule has 1 aromatic carbocycles. The van der Waals surface area contributed by atoms with Crippen molar-refractivity contribution in [2.24, 2.45) is 22.7 Å². The first kappa shape index (κ1) is 36.3. The molecule has 0 aromatic heterocycles. The van der Waals surface area contributed by atoms with Crippen LogP contribution in [0.25, 0.3) is 6.08 Å². The molecule has 8 atom stereocenters. The van der Waals surface area contributed by atoms with Gasteiger partial charge in [0.2, 0.25) is 5.78 Å². The van der Waals surface area contributed by atoms with Crippen molar-refractivity contribution in [3.63, 3.8) is 0 Å². The number of benzene rings is 1. The summed E-state index contributed by atoms with van der Waals surface area (Å²) in [5.74, 6) is -4.92.